The molecule has 6 unspecified atom stereocenters. The number of hydrogen-bond acceptors (Lipinski definition) is 6. The van der Waals surface area contributed by atoms with Gasteiger partial charge in [-0.2, -0.15) is 5.01 Å². The number of carbonyl (C=O) groups is 4. The Balaban J connectivity index is 1.47. The number of imide groups is 2. The van der Waals surface area contributed by atoms with E-state index < -0.39 is 52.6 Å². The molecule has 0 aromatic heterocycles. The van der Waals surface area contributed by atoms with Crippen LogP contribution in [0, 0.1) is 36.4 Å². The second kappa shape index (κ2) is 11.1. The molecule has 2 aliphatic carbocycles. The van der Waals surface area contributed by atoms with Gasteiger partial charge in [0.2, 0.25) is 11.8 Å². The Morgan fingerprint density at radius 3 is 2.37 bits per heavy atom. The van der Waals surface area contributed by atoms with Crippen molar-refractivity contribution in [2.45, 2.75) is 44.4 Å². The molecular formula is C36H33ClFN3O5. The van der Waals surface area contributed by atoms with E-state index in [9.17, 15) is 23.9 Å². The molecule has 3 fully saturated rings. The number of nitrogens with zero attached hydrogens (tertiary/aromatic N) is 2. The molecule has 2 aliphatic heterocycles. The number of aromatic hydroxyl groups is 1. The van der Waals surface area contributed by atoms with E-state index in [4.69, 9.17) is 11.6 Å². The number of likely N-dealkylation sites (tertiary alicyclic amines) is 1. The van der Waals surface area contributed by atoms with Crippen LogP contribution in [0.15, 0.2) is 78.4 Å². The normalized spacial score (nSPS) is 28.6. The number of anilines is 1. The van der Waals surface area contributed by atoms with E-state index in [1.165, 1.54) is 29.2 Å². The van der Waals surface area contributed by atoms with Gasteiger partial charge in [-0.3, -0.25) is 29.5 Å². The van der Waals surface area contributed by atoms with Crippen molar-refractivity contribution in [1.82, 2.24) is 9.91 Å². The van der Waals surface area contributed by atoms with Gasteiger partial charge in [-0.05, 0) is 79.6 Å². The fourth-order valence-corrected chi connectivity index (χ4v) is 8.55. The summed E-state index contributed by atoms with van der Waals surface area (Å²) in [6, 6.07) is 17.5. The zero-order valence-corrected chi connectivity index (χ0v) is 26.1. The topological polar surface area (TPSA) is 107 Å². The second-order valence-corrected chi connectivity index (χ2v) is 13.2. The highest BCUT2D eigenvalue weighted by atomic mass is 35.5. The molecule has 2 N–H and O–H groups in total. The molecule has 4 amide bonds. The second-order valence-electron chi connectivity index (χ2n) is 12.7. The summed E-state index contributed by atoms with van der Waals surface area (Å²) in [6.45, 7) is 4.00. The van der Waals surface area contributed by atoms with E-state index in [1.54, 1.807) is 49.4 Å². The van der Waals surface area contributed by atoms with Crippen molar-refractivity contribution < 1.29 is 28.7 Å². The first-order valence-corrected chi connectivity index (χ1v) is 16.0. The van der Waals surface area contributed by atoms with Gasteiger partial charge in [0.05, 0.1) is 28.9 Å². The minimum absolute atomic E-state index is 0.00473. The molecule has 46 heavy (non-hydrogen) atoms. The van der Waals surface area contributed by atoms with Crippen molar-refractivity contribution in [3.05, 3.63) is 106 Å². The molecule has 3 aromatic rings. The SMILES string of the molecule is CCCN1C(=O)C2CC=C3C(CC4C(=O)N(Nc5ccc(F)cc5)C(=O)C4(c4ccc(Cl)cc4)C3c3cccc(C)c3O)C2C1=O. The summed E-state index contributed by atoms with van der Waals surface area (Å²) >= 11 is 6.31. The van der Waals surface area contributed by atoms with Crippen LogP contribution in [-0.2, 0) is 24.6 Å². The number of hydrazine groups is 1. The largest absolute Gasteiger partial charge is 0.507 e. The Labute approximate surface area is 270 Å². The molecule has 3 aromatic carbocycles. The van der Waals surface area contributed by atoms with Crippen LogP contribution in [0.1, 0.15) is 48.8 Å². The molecule has 0 spiro atoms. The minimum atomic E-state index is -1.54. The number of phenolic OH excluding ortho intramolecular Hbond substituents is 1. The maximum Gasteiger partial charge on any atom is 0.260 e. The van der Waals surface area contributed by atoms with Crippen molar-refractivity contribution >= 4 is 40.9 Å². The van der Waals surface area contributed by atoms with Gasteiger partial charge in [0.1, 0.15) is 11.6 Å². The van der Waals surface area contributed by atoms with E-state index in [2.05, 4.69) is 5.43 Å². The van der Waals surface area contributed by atoms with Gasteiger partial charge >= 0.3 is 0 Å². The van der Waals surface area contributed by atoms with Crippen LogP contribution < -0.4 is 5.43 Å². The lowest BCUT2D eigenvalue weighted by atomic mass is 9.49. The third-order valence-electron chi connectivity index (χ3n) is 10.4. The van der Waals surface area contributed by atoms with Crippen LogP contribution in [0.5, 0.6) is 5.75 Å². The van der Waals surface area contributed by atoms with Crippen LogP contribution >= 0.6 is 11.6 Å². The molecule has 236 valence electrons. The Bertz CT molecular complexity index is 1810. The zero-order chi connectivity index (χ0) is 32.5. The molecule has 8 nitrogen and oxygen atoms in total. The van der Waals surface area contributed by atoms with Gasteiger partial charge in [-0.25, -0.2) is 4.39 Å². The number of nitrogens with one attached hydrogen (secondary N) is 1. The molecule has 2 heterocycles. The molecule has 10 heteroatoms. The average molecular weight is 642 g/mol. The van der Waals surface area contributed by atoms with Gasteiger partial charge in [0, 0.05) is 23.0 Å². The van der Waals surface area contributed by atoms with E-state index in [0.29, 0.717) is 46.8 Å². The highest BCUT2D eigenvalue weighted by Gasteiger charge is 2.70. The van der Waals surface area contributed by atoms with Gasteiger partial charge in [-0.15, -0.1) is 0 Å². The third-order valence-corrected chi connectivity index (χ3v) is 10.6. The molecule has 0 radical (unpaired) electrons. The number of para-hydroxylation sites is 1. The van der Waals surface area contributed by atoms with Crippen LogP contribution in [0.3, 0.4) is 0 Å². The first-order chi connectivity index (χ1) is 22.1. The predicted molar refractivity (Wildman–Crippen MR) is 169 cm³/mol. The summed E-state index contributed by atoms with van der Waals surface area (Å²) in [5.74, 6) is -5.55. The van der Waals surface area contributed by atoms with Crippen molar-refractivity contribution in [2.75, 3.05) is 12.0 Å². The third kappa shape index (κ3) is 4.24. The Hall–Kier alpha value is -4.50. The van der Waals surface area contributed by atoms with E-state index >= 15 is 4.79 Å². The number of halogens is 2. The Kier molecular flexibility index (Phi) is 7.27. The summed E-state index contributed by atoms with van der Waals surface area (Å²) in [5.41, 5.74) is 4.08. The number of rotatable bonds is 6. The van der Waals surface area contributed by atoms with Crippen LogP contribution in [0.2, 0.25) is 5.02 Å². The van der Waals surface area contributed by atoms with E-state index in [0.717, 1.165) is 10.6 Å². The average Bonchev–Trinajstić information content (AvgIpc) is 3.41. The summed E-state index contributed by atoms with van der Waals surface area (Å²) < 4.78 is 13.8. The lowest BCUT2D eigenvalue weighted by Crippen LogP contribution is -2.53. The maximum absolute atomic E-state index is 15.1. The number of benzene rings is 3. The number of fused-ring (bicyclic) bond motifs is 4. The zero-order valence-electron chi connectivity index (χ0n) is 25.4. The molecule has 2 saturated heterocycles. The van der Waals surface area contributed by atoms with Gasteiger partial charge in [0.15, 0.2) is 0 Å². The molecule has 1 saturated carbocycles. The monoisotopic (exact) mass is 641 g/mol. The lowest BCUT2D eigenvalue weighted by Gasteiger charge is -2.50. The number of amides is 4. The van der Waals surface area contributed by atoms with Gasteiger partial charge < -0.3 is 5.11 Å². The fraction of sp³-hybridized carbons (Fsp3) is 0.333. The summed E-state index contributed by atoms with van der Waals surface area (Å²) in [7, 11) is 0. The summed E-state index contributed by atoms with van der Waals surface area (Å²) in [5, 5.41) is 13.0. The van der Waals surface area contributed by atoms with E-state index in [1.807, 2.05) is 13.0 Å². The minimum Gasteiger partial charge on any atom is -0.507 e. The molecule has 0 bridgehead atoms. The molecule has 6 atom stereocenters. The first kappa shape index (κ1) is 30.2. The van der Waals surface area contributed by atoms with Gasteiger partial charge in [-0.1, -0.05) is 60.5 Å². The Morgan fingerprint density at radius 2 is 1.67 bits per heavy atom. The summed E-state index contributed by atoms with van der Waals surface area (Å²) in [6.07, 6.45) is 3.04. The molecule has 7 rings (SSSR count). The molecular weight excluding hydrogens is 609 g/mol. The number of allylic oxidation sites excluding steroid dienone is 2. The van der Waals surface area contributed by atoms with Crippen molar-refractivity contribution in [3.8, 4) is 5.75 Å². The van der Waals surface area contributed by atoms with Crippen molar-refractivity contribution in [3.63, 3.8) is 0 Å². The smallest absolute Gasteiger partial charge is 0.260 e. The number of hydrogen-bond donors (Lipinski definition) is 2. The van der Waals surface area contributed by atoms with Crippen molar-refractivity contribution in [1.29, 1.82) is 0 Å². The van der Waals surface area contributed by atoms with Crippen LogP contribution in [-0.4, -0.2) is 45.2 Å². The highest BCUT2D eigenvalue weighted by molar-refractivity contribution is 6.30. The highest BCUT2D eigenvalue weighted by Crippen LogP contribution is 2.65. The maximum atomic E-state index is 15.1. The predicted octanol–water partition coefficient (Wildman–Crippen LogP) is 5.89. The number of carbonyl (C=O) groups excluding carboxylic acids is 4. The van der Waals surface area contributed by atoms with Crippen molar-refractivity contribution in [2.24, 2.45) is 23.7 Å². The number of phenols is 1. The first-order valence-electron chi connectivity index (χ1n) is 15.6. The Morgan fingerprint density at radius 1 is 0.957 bits per heavy atom. The van der Waals surface area contributed by atoms with Gasteiger partial charge in [0.25, 0.3) is 11.8 Å². The quantitative estimate of drug-likeness (QED) is 0.257. The van der Waals surface area contributed by atoms with E-state index in [-0.39, 0.29) is 24.0 Å². The van der Waals surface area contributed by atoms with Crippen LogP contribution in [0.4, 0.5) is 10.1 Å². The lowest BCUT2D eigenvalue weighted by molar-refractivity contribution is -0.141. The standard InChI is InChI=1S/C36H33ClFN3O5/c1-3-17-40-32(43)25-16-15-24-27(29(25)34(40)45)18-28-33(44)41(39-23-13-11-22(38)12-14-23)35(46)36(28,20-7-9-21(37)10-8-20)30(24)26-6-4-5-19(2)31(26)42/h4-15,25,27-30,39,42H,3,16-18H2,1-2H3. The number of aryl methyl sites for hydroxylation is 1. The summed E-state index contributed by atoms with van der Waals surface area (Å²) in [4.78, 5) is 58.4. The fourth-order valence-electron chi connectivity index (χ4n) is 8.42. The molecule has 4 aliphatic rings. The van der Waals surface area contributed by atoms with Crippen LogP contribution in [0.25, 0.3) is 0 Å².